The number of rotatable bonds is 5. The number of carboxylic acid groups (broad SMARTS) is 1. The van der Waals surface area contributed by atoms with Crippen molar-refractivity contribution in [2.75, 3.05) is 20.2 Å². The Morgan fingerprint density at radius 2 is 1.90 bits per heavy atom. The molecule has 1 saturated carbocycles. The van der Waals surface area contributed by atoms with Crippen molar-refractivity contribution in [1.82, 2.24) is 8.87 Å². The lowest BCUT2D eigenvalue weighted by Gasteiger charge is -2.45. The van der Waals surface area contributed by atoms with Gasteiger partial charge in [0.05, 0.1) is 29.1 Å². The maximum absolute atomic E-state index is 14.0. The molecule has 0 amide bonds. The van der Waals surface area contributed by atoms with E-state index in [9.17, 15) is 23.4 Å². The van der Waals surface area contributed by atoms with Crippen LogP contribution in [0.25, 0.3) is 10.9 Å². The van der Waals surface area contributed by atoms with Crippen LogP contribution in [0.3, 0.4) is 0 Å². The van der Waals surface area contributed by atoms with Gasteiger partial charge in [-0.15, -0.1) is 0 Å². The van der Waals surface area contributed by atoms with E-state index < -0.39 is 32.8 Å². The highest BCUT2D eigenvalue weighted by Gasteiger charge is 2.52. The molecule has 3 aliphatic carbocycles. The summed E-state index contributed by atoms with van der Waals surface area (Å²) in [7, 11) is -2.12. The number of fused-ring (bicyclic) bond motifs is 6. The fourth-order valence-electron chi connectivity index (χ4n) is 7.58. The third kappa shape index (κ3) is 3.69. The first-order valence-electron chi connectivity index (χ1n) is 13.9. The molecule has 0 bridgehead atoms. The van der Waals surface area contributed by atoms with Crippen molar-refractivity contribution in [2.24, 2.45) is 0 Å². The smallest absolute Gasteiger partial charge is 0.336 e. The number of sulfonamides is 1. The molecule has 1 unspecified atom stereocenters. The van der Waals surface area contributed by atoms with Crippen LogP contribution >= 0.6 is 0 Å². The van der Waals surface area contributed by atoms with Gasteiger partial charge in [0.2, 0.25) is 10.0 Å². The molecule has 1 aromatic carbocycles. The molecule has 2 N–H and O–H groups in total. The van der Waals surface area contributed by atoms with Gasteiger partial charge in [-0.2, -0.15) is 4.31 Å². The zero-order valence-corrected chi connectivity index (χ0v) is 23.1. The van der Waals surface area contributed by atoms with Crippen LogP contribution in [-0.4, -0.2) is 64.5 Å². The topological polar surface area (TPSA) is 109 Å². The average molecular weight is 551 g/mol. The van der Waals surface area contributed by atoms with E-state index in [2.05, 4.69) is 16.7 Å². The summed E-state index contributed by atoms with van der Waals surface area (Å²) < 4.78 is 37.4. The lowest BCUT2D eigenvalue weighted by molar-refractivity contribution is -0.132. The van der Waals surface area contributed by atoms with Gasteiger partial charge in [-0.05, 0) is 66.5 Å². The van der Waals surface area contributed by atoms with Crippen LogP contribution in [-0.2, 0) is 21.4 Å². The molecule has 0 radical (unpaired) electrons. The number of methoxy groups -OCH3 is 1. The summed E-state index contributed by atoms with van der Waals surface area (Å²) in [6.45, 7) is 2.19. The maximum atomic E-state index is 14.0. The second-order valence-corrected chi connectivity index (χ2v) is 14.2. The van der Waals surface area contributed by atoms with E-state index in [4.69, 9.17) is 4.74 Å². The molecule has 2 aromatic rings. The summed E-state index contributed by atoms with van der Waals surface area (Å²) in [4.78, 5) is 12.3. The van der Waals surface area contributed by atoms with E-state index in [0.29, 0.717) is 30.0 Å². The number of carboxylic acids is 1. The Balaban J connectivity index is 1.46. The van der Waals surface area contributed by atoms with E-state index in [1.54, 1.807) is 14.0 Å². The first-order valence-corrected chi connectivity index (χ1v) is 15.4. The lowest BCUT2D eigenvalue weighted by Crippen LogP contribution is -2.63. The van der Waals surface area contributed by atoms with E-state index in [1.165, 1.54) is 29.1 Å². The largest absolute Gasteiger partial charge is 0.496 e. The van der Waals surface area contributed by atoms with Crippen molar-refractivity contribution in [3.05, 3.63) is 63.9 Å². The molecule has 39 heavy (non-hydrogen) atoms. The van der Waals surface area contributed by atoms with Crippen LogP contribution < -0.4 is 4.74 Å². The zero-order valence-electron chi connectivity index (χ0n) is 22.3. The first kappa shape index (κ1) is 25.1. The quantitative estimate of drug-likeness (QED) is 0.577. The molecule has 3 heterocycles. The van der Waals surface area contributed by atoms with Crippen LogP contribution in [0, 0.1) is 0 Å². The molecule has 7 rings (SSSR count). The van der Waals surface area contributed by atoms with Gasteiger partial charge < -0.3 is 19.5 Å². The molecule has 5 aliphatic rings. The van der Waals surface area contributed by atoms with Crippen molar-refractivity contribution >= 4 is 26.9 Å². The SMILES string of the molecule is COc1ccc(C2CCCCC2)c2c1cc1n2CC2=C(C(=O)O)C2=C2C=CC[C@@H](S(=O)(=O)N3CC(C)(O)C3)C21. The van der Waals surface area contributed by atoms with E-state index in [0.717, 1.165) is 46.3 Å². The van der Waals surface area contributed by atoms with Crippen molar-refractivity contribution < 1.29 is 28.2 Å². The van der Waals surface area contributed by atoms with Crippen LogP contribution in [0.1, 0.15) is 68.5 Å². The summed E-state index contributed by atoms with van der Waals surface area (Å²) in [6.07, 6.45) is 9.95. The summed E-state index contributed by atoms with van der Waals surface area (Å²) in [5.74, 6) is -0.342. The van der Waals surface area contributed by atoms with Gasteiger partial charge in [0.15, 0.2) is 0 Å². The standard InChI is InChI=1S/C30H34N2O6S/c1-30(35)15-31(16-30)39(36,37)24-10-6-9-19-25-21(27(25)29(33)34)14-32-22(26(19)24)13-20-23(38-2)12-11-18(28(20)32)17-7-4-3-5-8-17/h6,9,11-13,17,24,26,35H,3-5,7-8,10,14-16H2,1-2H3,(H,33,34)/t24-,26?/m1/s1. The van der Waals surface area contributed by atoms with Crippen LogP contribution in [0.15, 0.2) is 52.6 Å². The minimum absolute atomic E-state index is 0.0701. The van der Waals surface area contributed by atoms with Crippen molar-refractivity contribution in [3.8, 4) is 5.75 Å². The number of ether oxygens (including phenoxy) is 1. The Labute approximate surface area is 228 Å². The van der Waals surface area contributed by atoms with E-state index in [-0.39, 0.29) is 13.1 Å². The maximum Gasteiger partial charge on any atom is 0.336 e. The predicted molar refractivity (Wildman–Crippen MR) is 147 cm³/mol. The van der Waals surface area contributed by atoms with Gasteiger partial charge in [0.1, 0.15) is 5.75 Å². The second-order valence-electron chi connectivity index (χ2n) is 12.1. The summed E-state index contributed by atoms with van der Waals surface area (Å²) in [6, 6.07) is 6.26. The predicted octanol–water partition coefficient (Wildman–Crippen LogP) is 4.21. The number of hydrogen-bond donors (Lipinski definition) is 2. The second kappa shape index (κ2) is 8.56. The third-order valence-corrected chi connectivity index (χ3v) is 11.6. The molecule has 1 aromatic heterocycles. The molecule has 8 nitrogen and oxygen atoms in total. The third-order valence-electron chi connectivity index (χ3n) is 9.42. The minimum Gasteiger partial charge on any atom is -0.496 e. The van der Waals surface area contributed by atoms with Crippen LogP contribution in [0.2, 0.25) is 0 Å². The van der Waals surface area contributed by atoms with E-state index >= 15 is 0 Å². The van der Waals surface area contributed by atoms with Gasteiger partial charge in [-0.25, -0.2) is 13.2 Å². The molecule has 1 saturated heterocycles. The van der Waals surface area contributed by atoms with Crippen molar-refractivity contribution in [2.45, 2.75) is 74.7 Å². The Kier molecular flexibility index (Phi) is 5.51. The highest BCUT2D eigenvalue weighted by molar-refractivity contribution is 7.89. The number of nitrogens with zero attached hydrogens (tertiary/aromatic N) is 2. The minimum atomic E-state index is -3.77. The highest BCUT2D eigenvalue weighted by Crippen LogP contribution is 2.55. The van der Waals surface area contributed by atoms with Gasteiger partial charge >= 0.3 is 5.97 Å². The Hall–Kier alpha value is -2.88. The van der Waals surface area contributed by atoms with Crippen LogP contribution in [0.4, 0.5) is 0 Å². The van der Waals surface area contributed by atoms with Crippen LogP contribution in [0.5, 0.6) is 5.75 Å². The van der Waals surface area contributed by atoms with Crippen molar-refractivity contribution in [1.29, 1.82) is 0 Å². The first-order chi connectivity index (χ1) is 18.6. The molecule has 2 fully saturated rings. The number of β-amino-alcohol motifs (C(OH)–C–C–N with tert-alkyl or cyclic N) is 1. The summed E-state index contributed by atoms with van der Waals surface area (Å²) >= 11 is 0. The number of aromatic nitrogens is 1. The molecule has 206 valence electrons. The normalized spacial score (nSPS) is 26.5. The number of aliphatic hydroxyl groups is 1. The Bertz CT molecular complexity index is 1610. The number of benzene rings is 1. The molecule has 2 aliphatic heterocycles. The van der Waals surface area contributed by atoms with Crippen molar-refractivity contribution in [3.63, 3.8) is 0 Å². The lowest BCUT2D eigenvalue weighted by atomic mass is 9.83. The number of hydrogen-bond acceptors (Lipinski definition) is 5. The fourth-order valence-corrected chi connectivity index (χ4v) is 9.87. The highest BCUT2D eigenvalue weighted by atomic mass is 32.2. The monoisotopic (exact) mass is 550 g/mol. The summed E-state index contributed by atoms with van der Waals surface area (Å²) in [5, 5.41) is 20.5. The number of aliphatic carboxylic acids is 1. The Morgan fingerprint density at radius 1 is 1.15 bits per heavy atom. The van der Waals surface area contributed by atoms with Gasteiger partial charge in [0, 0.05) is 36.6 Å². The molecular formula is C30H34N2O6S. The molecule has 0 spiro atoms. The summed E-state index contributed by atoms with van der Waals surface area (Å²) in [5.41, 5.74) is 4.73. The molecular weight excluding hydrogens is 516 g/mol. The van der Waals surface area contributed by atoms with E-state index in [1.807, 2.05) is 18.2 Å². The van der Waals surface area contributed by atoms with Gasteiger partial charge in [0.25, 0.3) is 0 Å². The molecule has 2 atom stereocenters. The van der Waals surface area contributed by atoms with Gasteiger partial charge in [-0.1, -0.05) is 37.5 Å². The molecule has 9 heteroatoms. The Morgan fingerprint density at radius 3 is 2.56 bits per heavy atom. The number of carbonyl (C=O) groups is 1. The fraction of sp³-hybridized carbons (Fsp3) is 0.500. The van der Waals surface area contributed by atoms with Gasteiger partial charge in [-0.3, -0.25) is 0 Å². The zero-order chi connectivity index (χ0) is 27.3. The average Bonchev–Trinajstić information content (AvgIpc) is 3.53. The number of allylic oxidation sites excluding steroid dienone is 4.